The first-order chi connectivity index (χ1) is 14.3. The van der Waals surface area contributed by atoms with Gasteiger partial charge in [0.15, 0.2) is 10.9 Å². The Balaban J connectivity index is 1.52. The number of aromatic nitrogens is 2. The van der Waals surface area contributed by atoms with E-state index in [-0.39, 0.29) is 11.8 Å². The van der Waals surface area contributed by atoms with E-state index in [0.717, 1.165) is 27.0 Å². The van der Waals surface area contributed by atoms with Crippen molar-refractivity contribution in [2.24, 2.45) is 0 Å². The molecule has 0 fully saturated rings. The van der Waals surface area contributed by atoms with Gasteiger partial charge in [0.05, 0.1) is 11.4 Å². The summed E-state index contributed by atoms with van der Waals surface area (Å²) < 4.78 is 5.72. The van der Waals surface area contributed by atoms with E-state index < -0.39 is 0 Å². The average Bonchev–Trinajstić information content (AvgIpc) is 3.38. The Kier molecular flexibility index (Phi) is 5.40. The Bertz CT molecular complexity index is 1270. The molecule has 0 radical (unpaired) electrons. The fourth-order valence-electron chi connectivity index (χ4n) is 3.26. The second kappa shape index (κ2) is 8.00. The second-order valence-corrected chi connectivity index (χ2v) is 8.84. The molecule has 0 bridgehead atoms. The van der Waals surface area contributed by atoms with E-state index in [9.17, 15) is 9.59 Å². The van der Waals surface area contributed by atoms with Crippen molar-refractivity contribution in [2.75, 3.05) is 5.32 Å². The number of pyridine rings is 1. The van der Waals surface area contributed by atoms with Gasteiger partial charge in [-0.05, 0) is 50.1 Å². The number of carbonyl (C=O) groups excluding carboxylic acids is 2. The number of hydrogen-bond donors (Lipinski definition) is 2. The largest absolute Gasteiger partial charge is 0.458 e. The highest BCUT2D eigenvalue weighted by Crippen LogP contribution is 2.33. The fraction of sp³-hybridized carbons (Fsp3) is 0.238. The van der Waals surface area contributed by atoms with Gasteiger partial charge in [0.1, 0.15) is 16.3 Å². The normalized spacial score (nSPS) is 11.1. The Morgan fingerprint density at radius 1 is 1.17 bits per heavy atom. The molecule has 4 rings (SSSR count). The van der Waals surface area contributed by atoms with E-state index in [0.29, 0.717) is 33.8 Å². The van der Waals surface area contributed by atoms with Gasteiger partial charge in [-0.25, -0.2) is 9.97 Å². The SMILES string of the molecule is CC(=O)NCc1ccc(-c2csc(NC(=O)c3sc4nc(C)cc(C)c4c3C)n2)o1. The molecule has 0 saturated carbocycles. The van der Waals surface area contributed by atoms with E-state index >= 15 is 0 Å². The fourth-order valence-corrected chi connectivity index (χ4v) is 5.15. The number of fused-ring (bicyclic) bond motifs is 1. The minimum atomic E-state index is -0.195. The summed E-state index contributed by atoms with van der Waals surface area (Å²) in [4.78, 5) is 34.4. The molecule has 0 aliphatic carbocycles. The van der Waals surface area contributed by atoms with Gasteiger partial charge in [-0.1, -0.05) is 0 Å². The van der Waals surface area contributed by atoms with Crippen LogP contribution in [0.3, 0.4) is 0 Å². The topological polar surface area (TPSA) is 97.1 Å². The number of nitrogens with one attached hydrogen (secondary N) is 2. The molecule has 9 heteroatoms. The summed E-state index contributed by atoms with van der Waals surface area (Å²) >= 11 is 2.72. The quantitative estimate of drug-likeness (QED) is 0.463. The van der Waals surface area contributed by atoms with Gasteiger partial charge in [0, 0.05) is 23.4 Å². The minimum Gasteiger partial charge on any atom is -0.458 e. The van der Waals surface area contributed by atoms with E-state index in [2.05, 4.69) is 20.6 Å². The summed E-state index contributed by atoms with van der Waals surface area (Å²) in [5, 5.41) is 8.93. The number of thiophene rings is 1. The zero-order valence-corrected chi connectivity index (χ0v) is 18.6. The molecule has 154 valence electrons. The average molecular weight is 441 g/mol. The van der Waals surface area contributed by atoms with Crippen molar-refractivity contribution in [3.63, 3.8) is 0 Å². The molecule has 2 amide bonds. The third kappa shape index (κ3) is 3.99. The Morgan fingerprint density at radius 2 is 1.97 bits per heavy atom. The summed E-state index contributed by atoms with van der Waals surface area (Å²) in [6, 6.07) is 5.62. The van der Waals surface area contributed by atoms with Crippen molar-refractivity contribution in [1.29, 1.82) is 0 Å². The lowest BCUT2D eigenvalue weighted by atomic mass is 10.1. The maximum absolute atomic E-state index is 12.9. The van der Waals surface area contributed by atoms with Crippen LogP contribution in [0.15, 0.2) is 28.0 Å². The van der Waals surface area contributed by atoms with Crippen molar-refractivity contribution in [3.05, 3.63) is 51.0 Å². The molecule has 30 heavy (non-hydrogen) atoms. The number of hydrogen-bond acceptors (Lipinski definition) is 7. The monoisotopic (exact) mass is 440 g/mol. The molecule has 0 unspecified atom stereocenters. The van der Waals surface area contributed by atoms with Crippen LogP contribution in [-0.4, -0.2) is 21.8 Å². The third-order valence-electron chi connectivity index (χ3n) is 4.58. The first kappa shape index (κ1) is 20.2. The van der Waals surface area contributed by atoms with Crippen molar-refractivity contribution in [3.8, 4) is 11.5 Å². The molecule has 0 atom stereocenters. The lowest BCUT2D eigenvalue weighted by Crippen LogP contribution is -2.18. The van der Waals surface area contributed by atoms with E-state index in [4.69, 9.17) is 4.42 Å². The highest BCUT2D eigenvalue weighted by Gasteiger charge is 2.19. The molecule has 0 aliphatic rings. The van der Waals surface area contributed by atoms with Gasteiger partial charge in [0.2, 0.25) is 5.91 Å². The summed E-state index contributed by atoms with van der Waals surface area (Å²) in [6.07, 6.45) is 0. The van der Waals surface area contributed by atoms with E-state index in [1.807, 2.05) is 32.2 Å². The van der Waals surface area contributed by atoms with Gasteiger partial charge in [-0.15, -0.1) is 22.7 Å². The maximum Gasteiger partial charge on any atom is 0.267 e. The molecule has 4 heterocycles. The molecular formula is C21H20N4O3S2. The molecule has 4 aromatic heterocycles. The zero-order chi connectivity index (χ0) is 21.4. The van der Waals surface area contributed by atoms with Gasteiger partial charge in [-0.2, -0.15) is 0 Å². The van der Waals surface area contributed by atoms with Gasteiger partial charge in [0.25, 0.3) is 5.91 Å². The smallest absolute Gasteiger partial charge is 0.267 e. The van der Waals surface area contributed by atoms with Crippen LogP contribution in [-0.2, 0) is 11.3 Å². The van der Waals surface area contributed by atoms with Crippen LogP contribution < -0.4 is 10.6 Å². The van der Waals surface area contributed by atoms with Gasteiger partial charge >= 0.3 is 0 Å². The molecule has 0 aromatic carbocycles. The molecule has 0 aliphatic heterocycles. The first-order valence-corrected chi connectivity index (χ1v) is 11.0. The highest BCUT2D eigenvalue weighted by atomic mass is 32.1. The summed E-state index contributed by atoms with van der Waals surface area (Å²) in [5.41, 5.74) is 3.62. The zero-order valence-electron chi connectivity index (χ0n) is 17.0. The molecular weight excluding hydrogens is 420 g/mol. The summed E-state index contributed by atoms with van der Waals surface area (Å²) in [6.45, 7) is 7.71. The molecule has 2 N–H and O–H groups in total. The number of amides is 2. The minimum absolute atomic E-state index is 0.122. The lowest BCUT2D eigenvalue weighted by molar-refractivity contribution is -0.119. The van der Waals surface area contributed by atoms with Crippen LogP contribution in [0.25, 0.3) is 21.7 Å². The van der Waals surface area contributed by atoms with Crippen molar-refractivity contribution < 1.29 is 14.0 Å². The predicted octanol–water partition coefficient (Wildman–Crippen LogP) is 4.83. The lowest BCUT2D eigenvalue weighted by Gasteiger charge is -2.01. The van der Waals surface area contributed by atoms with Gasteiger partial charge < -0.3 is 9.73 Å². The summed E-state index contributed by atoms with van der Waals surface area (Å²) in [7, 11) is 0. The number of thiazole rings is 1. The number of rotatable bonds is 5. The van der Waals surface area contributed by atoms with Crippen LogP contribution in [0.1, 0.15) is 39.2 Å². The van der Waals surface area contributed by atoms with Crippen LogP contribution >= 0.6 is 22.7 Å². The molecule has 4 aromatic rings. The Labute approximate surface area is 181 Å². The standard InChI is InChI=1S/C21H20N4O3S2/c1-10-7-11(2)23-20-17(10)12(3)18(30-20)19(27)25-21-24-15(9-29-21)16-6-5-14(28-16)8-22-13(4)26/h5-7,9H,8H2,1-4H3,(H,22,26)(H,24,25,27). The van der Waals surface area contributed by atoms with Crippen molar-refractivity contribution >= 4 is 49.8 Å². The number of anilines is 1. The Morgan fingerprint density at radius 3 is 2.73 bits per heavy atom. The molecule has 0 spiro atoms. The van der Waals surface area contributed by atoms with Crippen LogP contribution in [0.2, 0.25) is 0 Å². The van der Waals surface area contributed by atoms with Crippen LogP contribution in [0, 0.1) is 20.8 Å². The van der Waals surface area contributed by atoms with E-state index in [1.54, 1.807) is 12.1 Å². The predicted molar refractivity (Wildman–Crippen MR) is 119 cm³/mol. The summed E-state index contributed by atoms with van der Waals surface area (Å²) in [5.74, 6) is 0.904. The first-order valence-electron chi connectivity index (χ1n) is 9.29. The third-order valence-corrected chi connectivity index (χ3v) is 6.52. The highest BCUT2D eigenvalue weighted by molar-refractivity contribution is 7.21. The van der Waals surface area contributed by atoms with E-state index in [1.165, 1.54) is 29.6 Å². The molecule has 0 saturated heterocycles. The van der Waals surface area contributed by atoms with Crippen LogP contribution in [0.5, 0.6) is 0 Å². The van der Waals surface area contributed by atoms with Gasteiger partial charge in [-0.3, -0.25) is 14.9 Å². The second-order valence-electron chi connectivity index (χ2n) is 6.98. The number of nitrogens with zero attached hydrogens (tertiary/aromatic N) is 2. The van der Waals surface area contributed by atoms with Crippen molar-refractivity contribution in [2.45, 2.75) is 34.2 Å². The van der Waals surface area contributed by atoms with Crippen molar-refractivity contribution in [1.82, 2.24) is 15.3 Å². The Hall–Kier alpha value is -3.04. The number of aryl methyl sites for hydroxylation is 3. The van der Waals surface area contributed by atoms with Crippen LogP contribution in [0.4, 0.5) is 5.13 Å². The number of furan rings is 1. The maximum atomic E-state index is 12.9. The number of carbonyl (C=O) groups is 2. The molecule has 7 nitrogen and oxygen atoms in total.